The fourth-order valence-electron chi connectivity index (χ4n) is 3.02. The molecular weight excluding hydrogens is 332 g/mol. The summed E-state index contributed by atoms with van der Waals surface area (Å²) in [5.74, 6) is 0. The van der Waals surface area contributed by atoms with Crippen LogP contribution in [0.2, 0.25) is 0 Å². The van der Waals surface area contributed by atoms with Crippen LogP contribution in [0.1, 0.15) is 27.9 Å². The molecule has 0 fully saturated rings. The number of thiophene rings is 1. The zero-order valence-corrected chi connectivity index (χ0v) is 15.0. The van der Waals surface area contributed by atoms with E-state index in [0.717, 1.165) is 26.1 Å². The van der Waals surface area contributed by atoms with Crippen molar-refractivity contribution < 1.29 is 8.42 Å². The summed E-state index contributed by atoms with van der Waals surface area (Å²) >= 11 is 1.83. The molecule has 2 aromatic rings. The van der Waals surface area contributed by atoms with Gasteiger partial charge in [0, 0.05) is 48.2 Å². The lowest BCUT2D eigenvalue weighted by Gasteiger charge is -2.34. The molecule has 0 saturated carbocycles. The van der Waals surface area contributed by atoms with Crippen LogP contribution in [0.4, 0.5) is 0 Å². The number of nitrogens with zero attached hydrogens (tertiary/aromatic N) is 3. The van der Waals surface area contributed by atoms with Gasteiger partial charge in [-0.25, -0.2) is 18.1 Å². The van der Waals surface area contributed by atoms with Gasteiger partial charge in [0.05, 0.1) is 18.3 Å². The number of hydrogen-bond donors (Lipinski definition) is 1. The van der Waals surface area contributed by atoms with Crippen LogP contribution in [0.5, 0.6) is 0 Å². The average molecular weight is 355 g/mol. The van der Waals surface area contributed by atoms with Gasteiger partial charge in [0.25, 0.3) is 0 Å². The van der Waals surface area contributed by atoms with Crippen molar-refractivity contribution in [3.63, 3.8) is 0 Å². The van der Waals surface area contributed by atoms with Gasteiger partial charge < -0.3 is 4.57 Å². The zero-order chi connectivity index (χ0) is 16.4. The van der Waals surface area contributed by atoms with E-state index in [2.05, 4.69) is 38.2 Å². The van der Waals surface area contributed by atoms with Gasteiger partial charge in [0.1, 0.15) is 0 Å². The molecule has 0 unspecified atom stereocenters. The number of aryl methyl sites for hydroxylation is 1. The maximum atomic E-state index is 11.2. The van der Waals surface area contributed by atoms with Gasteiger partial charge in [-0.3, -0.25) is 4.90 Å². The highest BCUT2D eigenvalue weighted by atomic mass is 32.2. The number of hydrogen-bond acceptors (Lipinski definition) is 5. The van der Waals surface area contributed by atoms with Gasteiger partial charge in [-0.2, -0.15) is 0 Å². The molecule has 126 valence electrons. The topological polar surface area (TPSA) is 67.2 Å². The molecule has 8 heteroatoms. The van der Waals surface area contributed by atoms with Crippen LogP contribution in [0.25, 0.3) is 0 Å². The van der Waals surface area contributed by atoms with Crippen molar-refractivity contribution in [2.75, 3.05) is 19.3 Å². The molecular formula is C15H22N4O2S2. The molecule has 0 bridgehead atoms. The van der Waals surface area contributed by atoms with E-state index >= 15 is 0 Å². The summed E-state index contributed by atoms with van der Waals surface area (Å²) in [7, 11) is -3.14. The molecule has 1 atom stereocenters. The molecule has 1 aliphatic heterocycles. The van der Waals surface area contributed by atoms with E-state index < -0.39 is 10.0 Å². The normalized spacial score (nSPS) is 19.0. The van der Waals surface area contributed by atoms with Crippen LogP contribution in [-0.2, 0) is 23.1 Å². The fraction of sp³-hybridized carbons (Fsp3) is 0.533. The van der Waals surface area contributed by atoms with E-state index in [1.54, 1.807) is 0 Å². The lowest BCUT2D eigenvalue weighted by molar-refractivity contribution is 0.173. The molecule has 0 saturated heterocycles. The van der Waals surface area contributed by atoms with E-state index in [0.29, 0.717) is 6.54 Å². The third-order valence-corrected chi connectivity index (χ3v) is 5.73. The van der Waals surface area contributed by atoms with Gasteiger partial charge in [-0.05, 0) is 25.5 Å². The second-order valence-electron chi connectivity index (χ2n) is 6.08. The second kappa shape index (κ2) is 6.72. The highest BCUT2D eigenvalue weighted by Crippen LogP contribution is 2.26. The smallest absolute Gasteiger partial charge is 0.208 e. The molecule has 0 aliphatic carbocycles. The minimum absolute atomic E-state index is 0.247. The van der Waals surface area contributed by atoms with Gasteiger partial charge in [0.2, 0.25) is 10.0 Å². The predicted octanol–water partition coefficient (Wildman–Crippen LogP) is 1.75. The van der Waals surface area contributed by atoms with E-state index in [9.17, 15) is 8.42 Å². The molecule has 2 aromatic heterocycles. The summed E-state index contributed by atoms with van der Waals surface area (Å²) < 4.78 is 27.2. The molecule has 3 rings (SSSR count). The molecule has 0 spiro atoms. The molecule has 0 aromatic carbocycles. The minimum atomic E-state index is -3.14. The maximum Gasteiger partial charge on any atom is 0.208 e. The highest BCUT2D eigenvalue weighted by Gasteiger charge is 2.25. The van der Waals surface area contributed by atoms with E-state index in [-0.39, 0.29) is 6.04 Å². The molecule has 1 N–H and O–H groups in total. The van der Waals surface area contributed by atoms with E-state index in [4.69, 9.17) is 0 Å². The summed E-state index contributed by atoms with van der Waals surface area (Å²) in [6.07, 6.45) is 5.72. The van der Waals surface area contributed by atoms with Crippen LogP contribution in [0, 0.1) is 6.92 Å². The van der Waals surface area contributed by atoms with Crippen LogP contribution in [0.3, 0.4) is 0 Å². The van der Waals surface area contributed by atoms with Crippen LogP contribution >= 0.6 is 11.3 Å². The Kier molecular flexibility index (Phi) is 4.86. The summed E-state index contributed by atoms with van der Waals surface area (Å²) in [5.41, 5.74) is 1.19. The Bertz CT molecular complexity index is 766. The second-order valence-corrected chi connectivity index (χ2v) is 9.29. The summed E-state index contributed by atoms with van der Waals surface area (Å²) in [6.45, 7) is 5.30. The van der Waals surface area contributed by atoms with E-state index in [1.807, 2.05) is 23.9 Å². The van der Waals surface area contributed by atoms with Crippen LogP contribution < -0.4 is 4.72 Å². The van der Waals surface area contributed by atoms with Crippen LogP contribution in [-0.4, -0.2) is 42.2 Å². The lowest BCUT2D eigenvalue weighted by atomic mass is 10.1. The number of imidazole rings is 1. The Balaban J connectivity index is 1.67. The highest BCUT2D eigenvalue weighted by molar-refractivity contribution is 7.88. The number of rotatable bonds is 6. The molecule has 6 nitrogen and oxygen atoms in total. The van der Waals surface area contributed by atoms with Crippen LogP contribution in [0.15, 0.2) is 24.7 Å². The molecule has 23 heavy (non-hydrogen) atoms. The van der Waals surface area contributed by atoms with Crippen molar-refractivity contribution in [2.45, 2.75) is 32.5 Å². The Labute approximate surface area is 141 Å². The fourth-order valence-corrected chi connectivity index (χ4v) is 4.44. The Hall–Kier alpha value is -1.22. The summed E-state index contributed by atoms with van der Waals surface area (Å²) in [6, 6.07) is 4.59. The summed E-state index contributed by atoms with van der Waals surface area (Å²) in [4.78, 5) is 9.36. The maximum absolute atomic E-state index is 11.2. The van der Waals surface area contributed by atoms with E-state index in [1.165, 1.54) is 21.7 Å². The first-order valence-corrected chi connectivity index (χ1v) is 10.3. The molecule has 0 radical (unpaired) electrons. The third-order valence-electron chi connectivity index (χ3n) is 4.01. The first-order valence-electron chi connectivity index (χ1n) is 7.64. The Morgan fingerprint density at radius 2 is 2.26 bits per heavy atom. The molecule has 1 aliphatic rings. The molecule has 3 heterocycles. The lowest BCUT2D eigenvalue weighted by Crippen LogP contribution is -2.38. The Morgan fingerprint density at radius 1 is 1.43 bits per heavy atom. The predicted molar refractivity (Wildman–Crippen MR) is 91.9 cm³/mol. The van der Waals surface area contributed by atoms with Gasteiger partial charge in [0.15, 0.2) is 0 Å². The monoisotopic (exact) mass is 354 g/mol. The number of aromatic nitrogens is 2. The van der Waals surface area contributed by atoms with Crippen molar-refractivity contribution in [2.24, 2.45) is 0 Å². The van der Waals surface area contributed by atoms with Crippen molar-refractivity contribution in [1.82, 2.24) is 19.2 Å². The van der Waals surface area contributed by atoms with Gasteiger partial charge in [-0.1, -0.05) is 0 Å². The van der Waals surface area contributed by atoms with Crippen molar-refractivity contribution in [3.8, 4) is 0 Å². The number of sulfonamides is 1. The largest absolute Gasteiger partial charge is 0.329 e. The zero-order valence-electron chi connectivity index (χ0n) is 13.4. The number of nitrogens with one attached hydrogen (secondary N) is 1. The SMILES string of the molecule is Cc1ccc(CN2Cc3cncn3[C@@H](CCNS(C)(=O)=O)C2)s1. The standard InChI is InChI=1S/C15H22N4O2S2/c1-12-3-4-15(22-12)10-18-8-13(5-6-17-23(2,20)21)19-11-16-7-14(19)9-18/h3-4,7,11,13,17H,5-6,8-10H2,1-2H3/t13-/m0/s1. The van der Waals surface area contributed by atoms with Gasteiger partial charge in [-0.15, -0.1) is 11.3 Å². The minimum Gasteiger partial charge on any atom is -0.329 e. The van der Waals surface area contributed by atoms with Crippen molar-refractivity contribution in [1.29, 1.82) is 0 Å². The van der Waals surface area contributed by atoms with Crippen molar-refractivity contribution >= 4 is 21.4 Å². The molecule has 0 amide bonds. The first-order chi connectivity index (χ1) is 10.9. The average Bonchev–Trinajstić information content (AvgIpc) is 3.06. The quantitative estimate of drug-likeness (QED) is 0.858. The first kappa shape index (κ1) is 16.6. The number of fused-ring (bicyclic) bond motifs is 1. The Morgan fingerprint density at radius 3 is 2.96 bits per heavy atom. The summed E-state index contributed by atoms with van der Waals surface area (Å²) in [5, 5.41) is 0. The third kappa shape index (κ3) is 4.41. The van der Waals surface area contributed by atoms with Crippen molar-refractivity contribution in [3.05, 3.63) is 40.1 Å². The van der Waals surface area contributed by atoms with Gasteiger partial charge >= 0.3 is 0 Å².